The van der Waals surface area contributed by atoms with Gasteiger partial charge >= 0.3 is 0 Å². The third-order valence-corrected chi connectivity index (χ3v) is 4.07. The lowest BCUT2D eigenvalue weighted by Gasteiger charge is -2.10. The molecule has 0 aliphatic rings. The van der Waals surface area contributed by atoms with Gasteiger partial charge in [-0.2, -0.15) is 0 Å². The van der Waals surface area contributed by atoms with Gasteiger partial charge in [0.1, 0.15) is 5.75 Å². The molecule has 2 amide bonds. The second-order valence-corrected chi connectivity index (χ2v) is 6.23. The van der Waals surface area contributed by atoms with Gasteiger partial charge in [0.15, 0.2) is 6.61 Å². The third-order valence-electron chi connectivity index (χ3n) is 3.08. The Morgan fingerprint density at radius 2 is 1.92 bits per heavy atom. The molecule has 0 heterocycles. The first-order valence-electron chi connectivity index (χ1n) is 7.24. The Hall–Kier alpha value is -2.65. The number of nitrogens with one attached hydrogen (secondary N) is 2. The number of anilines is 1. The maximum absolute atomic E-state index is 11.8. The van der Waals surface area contributed by atoms with Crippen LogP contribution in [0.25, 0.3) is 0 Å². The van der Waals surface area contributed by atoms with Gasteiger partial charge in [0.25, 0.3) is 11.6 Å². The highest BCUT2D eigenvalue weighted by Gasteiger charge is 2.12. The van der Waals surface area contributed by atoms with E-state index in [9.17, 15) is 19.7 Å². The number of amides is 2. The fourth-order valence-electron chi connectivity index (χ4n) is 1.85. The zero-order valence-electron chi connectivity index (χ0n) is 13.2. The van der Waals surface area contributed by atoms with Gasteiger partial charge in [-0.05, 0) is 34.1 Å². The molecule has 2 aromatic rings. The van der Waals surface area contributed by atoms with E-state index in [2.05, 4.69) is 26.6 Å². The molecule has 2 N–H and O–H groups in total. The molecule has 0 fully saturated rings. The number of nitro groups is 1. The van der Waals surface area contributed by atoms with E-state index >= 15 is 0 Å². The smallest absolute Gasteiger partial charge is 0.271 e. The molecule has 26 heavy (non-hydrogen) atoms. The molecule has 0 spiro atoms. The van der Waals surface area contributed by atoms with Crippen LogP contribution in [-0.4, -0.2) is 29.9 Å². The van der Waals surface area contributed by atoms with E-state index in [1.165, 1.54) is 12.1 Å². The maximum Gasteiger partial charge on any atom is 0.271 e. The predicted molar refractivity (Wildman–Crippen MR) is 99.4 cm³/mol. The summed E-state index contributed by atoms with van der Waals surface area (Å²) in [5, 5.41) is 15.7. The molecule has 2 aromatic carbocycles. The number of rotatable bonds is 7. The fourth-order valence-corrected chi connectivity index (χ4v) is 2.46. The minimum atomic E-state index is -0.591. The summed E-state index contributed by atoms with van der Waals surface area (Å²) >= 11 is 9.16. The van der Waals surface area contributed by atoms with Crippen LogP contribution in [0.2, 0.25) is 5.02 Å². The number of carbonyl (C=O) groups is 2. The van der Waals surface area contributed by atoms with E-state index in [0.29, 0.717) is 5.69 Å². The molecule has 0 aliphatic heterocycles. The molecule has 0 radical (unpaired) electrons. The number of benzene rings is 2. The fraction of sp³-hybridized carbons (Fsp3) is 0.125. The van der Waals surface area contributed by atoms with Gasteiger partial charge in [0, 0.05) is 16.6 Å². The van der Waals surface area contributed by atoms with Crippen LogP contribution >= 0.6 is 27.5 Å². The molecular formula is C16H13BrClN3O5. The normalized spacial score (nSPS) is 10.1. The highest BCUT2D eigenvalue weighted by Crippen LogP contribution is 2.28. The minimum absolute atomic E-state index is 0.0127. The summed E-state index contributed by atoms with van der Waals surface area (Å²) in [6.45, 7) is -0.628. The lowest BCUT2D eigenvalue weighted by atomic mass is 10.3. The average molecular weight is 443 g/mol. The number of carbonyl (C=O) groups excluding carboxylic acids is 2. The number of ether oxygens (including phenoxy) is 1. The Morgan fingerprint density at radius 1 is 1.19 bits per heavy atom. The van der Waals surface area contributed by atoms with Gasteiger partial charge in [0.05, 0.1) is 22.2 Å². The monoisotopic (exact) mass is 441 g/mol. The van der Waals surface area contributed by atoms with Crippen molar-refractivity contribution in [3.63, 3.8) is 0 Å². The van der Waals surface area contributed by atoms with Crippen molar-refractivity contribution in [2.45, 2.75) is 0 Å². The molecule has 8 nitrogen and oxygen atoms in total. The molecule has 0 aromatic heterocycles. The van der Waals surface area contributed by atoms with Crippen LogP contribution in [0.5, 0.6) is 5.75 Å². The lowest BCUT2D eigenvalue weighted by Crippen LogP contribution is -2.35. The van der Waals surface area contributed by atoms with Gasteiger partial charge in [-0.15, -0.1) is 0 Å². The van der Waals surface area contributed by atoms with Crippen LogP contribution in [0.15, 0.2) is 46.9 Å². The van der Waals surface area contributed by atoms with Crippen LogP contribution in [0, 0.1) is 10.1 Å². The quantitative estimate of drug-likeness (QED) is 0.505. The number of halogens is 2. The molecular weight excluding hydrogens is 430 g/mol. The number of hydrogen-bond donors (Lipinski definition) is 2. The molecule has 0 saturated heterocycles. The summed E-state index contributed by atoms with van der Waals surface area (Å²) in [6.07, 6.45) is 0. The summed E-state index contributed by atoms with van der Waals surface area (Å²) < 4.78 is 5.92. The Bertz CT molecular complexity index is 846. The molecule has 0 aliphatic carbocycles. The number of nitrogens with zero attached hydrogens (tertiary/aromatic N) is 1. The van der Waals surface area contributed by atoms with Gasteiger partial charge in [-0.25, -0.2) is 0 Å². The summed E-state index contributed by atoms with van der Waals surface area (Å²) in [7, 11) is 0. The van der Waals surface area contributed by atoms with Crippen molar-refractivity contribution < 1.29 is 19.2 Å². The zero-order valence-corrected chi connectivity index (χ0v) is 15.5. The van der Waals surface area contributed by atoms with Crippen LogP contribution in [0.1, 0.15) is 0 Å². The van der Waals surface area contributed by atoms with E-state index in [1.54, 1.807) is 18.2 Å². The summed E-state index contributed by atoms with van der Waals surface area (Å²) in [6, 6.07) is 10.7. The molecule has 10 heteroatoms. The van der Waals surface area contributed by atoms with Crippen molar-refractivity contribution in [3.05, 3.63) is 62.1 Å². The third kappa shape index (κ3) is 5.71. The summed E-state index contributed by atoms with van der Waals surface area (Å²) in [5.74, 6) is -0.814. The largest absolute Gasteiger partial charge is 0.482 e. The topological polar surface area (TPSA) is 111 Å². The van der Waals surface area contributed by atoms with E-state index in [-0.39, 0.29) is 29.6 Å². The van der Waals surface area contributed by atoms with Crippen molar-refractivity contribution in [3.8, 4) is 5.75 Å². The van der Waals surface area contributed by atoms with Crippen LogP contribution in [-0.2, 0) is 9.59 Å². The maximum atomic E-state index is 11.8. The average Bonchev–Trinajstić information content (AvgIpc) is 2.60. The van der Waals surface area contributed by atoms with E-state index < -0.39 is 16.7 Å². The second-order valence-electron chi connectivity index (χ2n) is 4.97. The molecule has 0 bridgehead atoms. The number of para-hydroxylation sites is 1. The molecule has 0 saturated carbocycles. The van der Waals surface area contributed by atoms with Crippen molar-refractivity contribution in [1.29, 1.82) is 0 Å². The van der Waals surface area contributed by atoms with Crippen molar-refractivity contribution >= 4 is 50.7 Å². The van der Waals surface area contributed by atoms with Crippen LogP contribution in [0.3, 0.4) is 0 Å². The van der Waals surface area contributed by atoms with E-state index in [4.69, 9.17) is 16.3 Å². The molecule has 2 rings (SSSR count). The highest BCUT2D eigenvalue weighted by molar-refractivity contribution is 9.10. The van der Waals surface area contributed by atoms with Crippen molar-refractivity contribution in [2.24, 2.45) is 0 Å². The zero-order chi connectivity index (χ0) is 19.1. The predicted octanol–water partition coefficient (Wildman–Crippen LogP) is 3.14. The standard InChI is InChI=1S/C16H13BrClN3O5/c17-11-3-1-2-4-13(11)20-15(22)8-19-16(23)9-26-14-6-5-10(21(24)25)7-12(14)18/h1-7H,8-9H2,(H,19,23)(H,20,22). The first kappa shape index (κ1) is 19.7. The number of hydrogen-bond acceptors (Lipinski definition) is 5. The Balaban J connectivity index is 1.79. The Labute approximate surface area is 161 Å². The molecule has 0 unspecified atom stereocenters. The van der Waals surface area contributed by atoms with Gasteiger partial charge < -0.3 is 15.4 Å². The number of non-ortho nitro benzene ring substituents is 1. The van der Waals surface area contributed by atoms with Gasteiger partial charge in [-0.3, -0.25) is 19.7 Å². The van der Waals surface area contributed by atoms with Crippen molar-refractivity contribution in [1.82, 2.24) is 5.32 Å². The van der Waals surface area contributed by atoms with E-state index in [1.807, 2.05) is 6.07 Å². The molecule has 0 atom stereocenters. The Kier molecular flexibility index (Phi) is 6.93. The van der Waals surface area contributed by atoms with Gasteiger partial charge in [-0.1, -0.05) is 23.7 Å². The highest BCUT2D eigenvalue weighted by atomic mass is 79.9. The first-order valence-corrected chi connectivity index (χ1v) is 8.41. The van der Waals surface area contributed by atoms with Crippen LogP contribution in [0.4, 0.5) is 11.4 Å². The van der Waals surface area contributed by atoms with E-state index in [0.717, 1.165) is 10.5 Å². The first-order chi connectivity index (χ1) is 12.4. The SMILES string of the molecule is O=C(COc1ccc([N+](=O)[O-])cc1Cl)NCC(=O)Nc1ccccc1Br. The van der Waals surface area contributed by atoms with Crippen molar-refractivity contribution in [2.75, 3.05) is 18.5 Å². The summed E-state index contributed by atoms with van der Waals surface area (Å²) in [4.78, 5) is 33.6. The minimum Gasteiger partial charge on any atom is -0.482 e. The summed E-state index contributed by atoms with van der Waals surface area (Å²) in [5.41, 5.74) is 0.399. The van der Waals surface area contributed by atoms with Crippen LogP contribution < -0.4 is 15.4 Å². The Morgan fingerprint density at radius 3 is 2.58 bits per heavy atom. The van der Waals surface area contributed by atoms with Gasteiger partial charge in [0.2, 0.25) is 5.91 Å². The lowest BCUT2D eigenvalue weighted by molar-refractivity contribution is -0.384. The second kappa shape index (κ2) is 9.16. The number of nitro benzene ring substituents is 1. The molecule has 136 valence electrons.